The Labute approximate surface area is 417 Å². The van der Waals surface area contributed by atoms with E-state index in [0.717, 1.165) is 0 Å². The first-order valence-electron chi connectivity index (χ1n) is 15.8. The zero-order valence-corrected chi connectivity index (χ0v) is 41.7. The molecule has 60 heavy (non-hydrogen) atoms. The first-order valence-corrected chi connectivity index (χ1v) is 18.8. The van der Waals surface area contributed by atoms with Gasteiger partial charge in [0.1, 0.15) is 0 Å². The molecule has 0 aliphatic rings. The Morgan fingerprint density at radius 3 is 0.717 bits per heavy atom. The number of halogens is 8. The molecule has 0 fully saturated rings. The molecule has 4 aromatic rings. The molecule has 0 aromatic heterocycles. The second-order valence-corrected chi connectivity index (χ2v) is 16.8. The first-order chi connectivity index (χ1) is 25.2. The number of benzene rings is 4. The van der Waals surface area contributed by atoms with E-state index in [9.17, 15) is 20.4 Å². The molecule has 0 saturated carbocycles. The maximum atomic E-state index is 11.9. The predicted octanol–water partition coefficient (Wildman–Crippen LogP) is 9.54. The number of hydrogen-bond acceptors (Lipinski definition) is 8. The van der Waals surface area contributed by atoms with Crippen LogP contribution in [0.5, 0.6) is 23.0 Å². The second kappa shape index (κ2) is 29.6. The minimum Gasteiger partial charge on any atom is -2.00 e. The van der Waals surface area contributed by atoms with Crippen LogP contribution < -0.4 is 20.4 Å². The Balaban J connectivity index is -0.000000475. The summed E-state index contributed by atoms with van der Waals surface area (Å²) in [6.07, 6.45) is 5.83. The summed E-state index contributed by atoms with van der Waals surface area (Å²) in [6.45, 7) is 9.51. The first kappa shape index (κ1) is 64.9. The van der Waals surface area contributed by atoms with Crippen LogP contribution in [0.4, 0.5) is 0 Å². The van der Waals surface area contributed by atoms with Crippen LogP contribution in [0.2, 0.25) is 40.2 Å². The van der Waals surface area contributed by atoms with Crippen molar-refractivity contribution in [1.29, 1.82) is 0 Å². The van der Waals surface area contributed by atoms with E-state index >= 15 is 0 Å². The van der Waals surface area contributed by atoms with Gasteiger partial charge >= 0.3 is 0 Å². The molecule has 0 heterocycles. The molecule has 0 bridgehead atoms. The number of nitrogens with zero attached hydrogens (tertiary/aromatic N) is 4. The summed E-state index contributed by atoms with van der Waals surface area (Å²) in [5.41, 5.74) is 0.716. The summed E-state index contributed by atoms with van der Waals surface area (Å²) in [5.74, 6) is -1.27. The molecule has 0 N–H and O–H groups in total. The van der Waals surface area contributed by atoms with Gasteiger partial charge in [-0.3, -0.25) is 20.0 Å². The average Bonchev–Trinajstić information content (AvgIpc) is 3.06. The van der Waals surface area contributed by atoms with E-state index < -0.39 is 0 Å². The van der Waals surface area contributed by atoms with E-state index in [1.54, 1.807) is 0 Å². The second-order valence-electron chi connectivity index (χ2n) is 13.4. The zero-order chi connectivity index (χ0) is 40.4. The minimum atomic E-state index is -0.318. The van der Waals surface area contributed by atoms with E-state index in [4.69, 9.17) is 92.8 Å². The van der Waals surface area contributed by atoms with Gasteiger partial charge in [0.05, 0.1) is 0 Å². The zero-order valence-electron chi connectivity index (χ0n) is 31.7. The van der Waals surface area contributed by atoms with Crippen molar-refractivity contribution in [3.63, 3.8) is 0 Å². The van der Waals surface area contributed by atoms with Crippen molar-refractivity contribution in [2.45, 2.75) is 27.7 Å². The van der Waals surface area contributed by atoms with Crippen molar-refractivity contribution in [3.05, 3.63) is 111 Å². The van der Waals surface area contributed by atoms with Crippen LogP contribution in [0.3, 0.4) is 0 Å². The molecule has 0 saturated heterocycles. The van der Waals surface area contributed by atoms with Gasteiger partial charge < -0.3 is 42.3 Å². The van der Waals surface area contributed by atoms with Gasteiger partial charge in [0.2, 0.25) is 0 Å². The summed E-state index contributed by atoms with van der Waals surface area (Å²) in [7, 11) is 0. The number of hydrogen-bond donors (Lipinski definition) is 0. The Morgan fingerprint density at radius 2 is 0.550 bits per heavy atom. The van der Waals surface area contributed by atoms with E-state index in [0.29, 0.717) is 68.5 Å². The molecule has 0 unspecified atom stereocenters. The van der Waals surface area contributed by atoms with Gasteiger partial charge in [-0.25, -0.2) is 0 Å². The summed E-state index contributed by atoms with van der Waals surface area (Å²) >= 11 is 46.9. The molecule has 332 valence electrons. The van der Waals surface area contributed by atoms with Crippen molar-refractivity contribution >= 4 is 118 Å². The van der Waals surface area contributed by atoms with Gasteiger partial charge in [0, 0.05) is 144 Å². The standard InChI is InChI=1S/2C19H18Cl4N2O2.2Mo.4O/c2*1-19(2,9-24-7-11-3-13(20)5-15(22)17(11)26)10-25-8-12-4-14(21)6-16(23)18(12)27;;;;;;/h2*3-8,26-27H,9-10H2,1-2H3;;;;;;/q;;;;4*-2/p-4. The van der Waals surface area contributed by atoms with Crippen molar-refractivity contribution in [1.82, 2.24) is 0 Å². The normalized spacial score (nSPS) is 11.1. The van der Waals surface area contributed by atoms with Gasteiger partial charge in [0.15, 0.2) is 0 Å². The third kappa shape index (κ3) is 21.1. The third-order valence-corrected chi connectivity index (χ3v) is 9.14. The fraction of sp³-hybridized carbons (Fsp3) is 0.263. The molecule has 12 nitrogen and oxygen atoms in total. The van der Waals surface area contributed by atoms with Crippen LogP contribution in [-0.2, 0) is 64.0 Å². The van der Waals surface area contributed by atoms with E-state index in [2.05, 4.69) is 20.0 Å². The molecule has 22 heteroatoms. The largest absolute Gasteiger partial charge is 2.00 e. The molecular formula is C38H32Cl8Mo2N4O8-12. The van der Waals surface area contributed by atoms with Crippen LogP contribution in [0.25, 0.3) is 0 Å². The third-order valence-electron chi connectivity index (χ3n) is 7.15. The average molecular weight is 1150 g/mol. The molecule has 4 rings (SSSR count). The van der Waals surface area contributed by atoms with Gasteiger partial charge in [-0.15, -0.1) is 0 Å². The van der Waals surface area contributed by atoms with Gasteiger partial charge in [0.25, 0.3) is 0 Å². The van der Waals surface area contributed by atoms with E-state index in [1.165, 1.54) is 73.4 Å². The minimum absolute atomic E-state index is 0. The summed E-state index contributed by atoms with van der Waals surface area (Å²) < 4.78 is 0. The SMILES string of the molecule is CC(C)(CN=Cc1cc(Cl)cc(Cl)c1[O-])CN=Cc1cc(Cl)cc(Cl)c1[O-].CC(C)(CN=Cc1cc(Cl)cc(Cl)c1[O-])CN=Cc1cc(Cl)cc(Cl)c1[O-].[Mo].[Mo].[O-2].[O-2].[O-2].[O-2]. The van der Waals surface area contributed by atoms with E-state index in [1.807, 2.05) is 27.7 Å². The number of rotatable bonds is 12. The van der Waals surface area contributed by atoms with Crippen molar-refractivity contribution in [2.75, 3.05) is 26.2 Å². The molecule has 0 spiro atoms. The molecule has 0 atom stereocenters. The van der Waals surface area contributed by atoms with Crippen LogP contribution in [0, 0.1) is 10.8 Å². The smallest absolute Gasteiger partial charge is 0.0458 e. The van der Waals surface area contributed by atoms with Crippen LogP contribution >= 0.6 is 92.8 Å². The van der Waals surface area contributed by atoms with Crippen molar-refractivity contribution in [2.24, 2.45) is 30.8 Å². The fourth-order valence-electron chi connectivity index (χ4n) is 4.37. The maximum absolute atomic E-state index is 11.9. The quantitative estimate of drug-likeness (QED) is 0.0991. The summed E-state index contributed by atoms with van der Waals surface area (Å²) in [4.78, 5) is 17.2. The molecule has 4 aromatic carbocycles. The summed E-state index contributed by atoms with van der Waals surface area (Å²) in [6, 6.07) is 11.7. The molecule has 0 amide bonds. The van der Waals surface area contributed by atoms with Crippen LogP contribution in [-0.4, -0.2) is 51.0 Å². The van der Waals surface area contributed by atoms with Gasteiger partial charge in [-0.2, -0.15) is 0 Å². The fourth-order valence-corrected chi connectivity index (χ4v) is 6.41. The maximum Gasteiger partial charge on any atom is 0.0458 e. The van der Waals surface area contributed by atoms with Crippen LogP contribution in [0.1, 0.15) is 49.9 Å². The monoisotopic (exact) mass is 1150 g/mol. The van der Waals surface area contributed by atoms with Crippen molar-refractivity contribution in [3.8, 4) is 23.0 Å². The molecule has 0 aliphatic heterocycles. The molecular weight excluding hydrogens is 1120 g/mol. The topological polar surface area (TPSA) is 256 Å². The predicted molar refractivity (Wildman–Crippen MR) is 224 cm³/mol. The summed E-state index contributed by atoms with van der Waals surface area (Å²) in [5, 5.41) is 49.5. The van der Waals surface area contributed by atoms with Gasteiger partial charge in [-0.1, -0.05) is 144 Å². The Bertz CT molecular complexity index is 1820. The molecule has 0 aliphatic carbocycles. The Kier molecular flexibility index (Phi) is 32.0. The number of aliphatic imine (C=N–C) groups is 4. The van der Waals surface area contributed by atoms with Crippen molar-refractivity contribution < 1.29 is 84.5 Å². The van der Waals surface area contributed by atoms with Gasteiger partial charge in [-0.05, 0) is 70.8 Å². The Hall–Kier alpha value is -1.70. The molecule has 0 radical (unpaired) electrons. The van der Waals surface area contributed by atoms with Crippen LogP contribution in [0.15, 0.2) is 68.5 Å². The Morgan fingerprint density at radius 1 is 0.383 bits per heavy atom. The van der Waals surface area contributed by atoms with E-state index in [-0.39, 0.29) is 118 Å².